The van der Waals surface area contributed by atoms with Gasteiger partial charge in [0, 0.05) is 33.0 Å². The van der Waals surface area contributed by atoms with Crippen molar-refractivity contribution in [2.75, 3.05) is 0 Å². The molecule has 0 unspecified atom stereocenters. The molecule has 0 atom stereocenters. The van der Waals surface area contributed by atoms with Gasteiger partial charge in [0.05, 0.1) is 22.4 Å². The minimum Gasteiger partial charge on any atom is -0.383 e. The Hall–Kier alpha value is -6.33. The predicted molar refractivity (Wildman–Crippen MR) is 207 cm³/mol. The number of hydrogen-bond acceptors (Lipinski definition) is 2. The first-order valence-corrected chi connectivity index (χ1v) is 16.6. The van der Waals surface area contributed by atoms with Crippen LogP contribution in [0.25, 0.3) is 50.0 Å². The number of pyridine rings is 1. The summed E-state index contributed by atoms with van der Waals surface area (Å²) >= 11 is 0. The normalized spacial score (nSPS) is 13.3. The van der Waals surface area contributed by atoms with Gasteiger partial charge < -0.3 is 5.73 Å². The number of aromatic nitrogens is 2. The largest absolute Gasteiger partial charge is 0.383 e. The molecule has 238 valence electrons. The van der Waals surface area contributed by atoms with Crippen LogP contribution >= 0.6 is 0 Å². The third-order valence-corrected chi connectivity index (χ3v) is 8.56. The second kappa shape index (κ2) is 14.2. The molecule has 0 fully saturated rings. The van der Waals surface area contributed by atoms with Crippen molar-refractivity contribution in [2.24, 2.45) is 15.7 Å². The van der Waals surface area contributed by atoms with Crippen LogP contribution in [0.2, 0.25) is 0 Å². The summed E-state index contributed by atoms with van der Waals surface area (Å²) < 4.78 is 2.27. The van der Waals surface area contributed by atoms with Crippen molar-refractivity contribution in [3.63, 3.8) is 0 Å². The highest BCUT2D eigenvalue weighted by atomic mass is 15.1. The van der Waals surface area contributed by atoms with Crippen LogP contribution in [0.4, 0.5) is 0 Å². The fraction of sp³-hybridized carbons (Fsp3) is 0.0682. The summed E-state index contributed by atoms with van der Waals surface area (Å²) in [5.74, 6) is 1.81. The van der Waals surface area contributed by atoms with Crippen molar-refractivity contribution in [2.45, 2.75) is 20.3 Å². The lowest BCUT2D eigenvalue weighted by Crippen LogP contribution is -2.16. The Kier molecular flexibility index (Phi) is 9.06. The van der Waals surface area contributed by atoms with E-state index in [1.165, 1.54) is 5.56 Å². The van der Waals surface area contributed by atoms with Gasteiger partial charge in [0.2, 0.25) is 0 Å². The third kappa shape index (κ3) is 6.22. The van der Waals surface area contributed by atoms with Gasteiger partial charge >= 0.3 is 0 Å². The molecular formula is C44H37N5. The van der Waals surface area contributed by atoms with Crippen LogP contribution in [-0.2, 0) is 0 Å². The van der Waals surface area contributed by atoms with E-state index in [1.807, 2.05) is 85.8 Å². The lowest BCUT2D eigenvalue weighted by molar-refractivity contribution is 1.01. The lowest BCUT2D eigenvalue weighted by Gasteiger charge is -2.23. The summed E-state index contributed by atoms with van der Waals surface area (Å²) in [4.78, 5) is 15.6. The predicted octanol–water partition coefficient (Wildman–Crippen LogP) is 10.5. The maximum absolute atomic E-state index is 6.61. The second-order valence-corrected chi connectivity index (χ2v) is 11.7. The van der Waals surface area contributed by atoms with Crippen molar-refractivity contribution in [1.29, 1.82) is 0 Å². The molecule has 0 aliphatic carbocycles. The molecule has 49 heavy (non-hydrogen) atoms. The van der Waals surface area contributed by atoms with Crippen LogP contribution < -0.4 is 5.73 Å². The van der Waals surface area contributed by atoms with Gasteiger partial charge in [0.1, 0.15) is 11.7 Å². The van der Waals surface area contributed by atoms with Gasteiger partial charge in [0.15, 0.2) is 5.84 Å². The van der Waals surface area contributed by atoms with Gasteiger partial charge in [-0.05, 0) is 37.1 Å². The third-order valence-electron chi connectivity index (χ3n) is 8.56. The molecule has 2 aliphatic rings. The number of aliphatic imine (C=N–C) groups is 2. The molecule has 5 nitrogen and oxygen atoms in total. The summed E-state index contributed by atoms with van der Waals surface area (Å²) in [5.41, 5.74) is 15.5. The van der Waals surface area contributed by atoms with E-state index >= 15 is 0 Å². The molecule has 5 aromatic carbocycles. The summed E-state index contributed by atoms with van der Waals surface area (Å²) in [6.07, 6.45) is 8.88. The highest BCUT2D eigenvalue weighted by Gasteiger charge is 2.26. The SMILES string of the molecule is C\C=C/C=C\C(=C(\CC)N=C(N=C(N)c1ccccc1)c1ccccc1)n1c2nc3ccccc3c-2c(-c2ccccc2)c2ccccc21. The molecule has 0 amide bonds. The number of hydrogen-bond donors (Lipinski definition) is 1. The second-order valence-electron chi connectivity index (χ2n) is 11.7. The van der Waals surface area contributed by atoms with Crippen molar-refractivity contribution in [1.82, 2.24) is 9.55 Å². The van der Waals surface area contributed by atoms with Gasteiger partial charge in [-0.15, -0.1) is 0 Å². The van der Waals surface area contributed by atoms with E-state index in [0.717, 1.165) is 61.3 Å². The Morgan fingerprint density at radius 3 is 1.98 bits per heavy atom. The number of allylic oxidation sites excluding steroid dienone is 6. The minimum atomic E-state index is 0.404. The molecule has 2 aliphatic heterocycles. The molecule has 0 bridgehead atoms. The highest BCUT2D eigenvalue weighted by molar-refractivity contribution is 6.14. The fourth-order valence-electron chi connectivity index (χ4n) is 6.29. The zero-order chi connectivity index (χ0) is 33.6. The first kappa shape index (κ1) is 31.3. The van der Waals surface area contributed by atoms with Gasteiger partial charge in [-0.1, -0.05) is 153 Å². The quantitative estimate of drug-likeness (QED) is 0.103. The Labute approximate surface area is 287 Å². The molecule has 2 N–H and O–H groups in total. The maximum Gasteiger partial charge on any atom is 0.161 e. The first-order valence-electron chi connectivity index (χ1n) is 16.6. The lowest BCUT2D eigenvalue weighted by atomic mass is 9.93. The Balaban J connectivity index is 1.60. The number of nitrogens with zero attached hydrogens (tertiary/aromatic N) is 4. The number of rotatable bonds is 8. The summed E-state index contributed by atoms with van der Waals surface area (Å²) in [7, 11) is 0. The molecule has 5 heteroatoms. The zero-order valence-corrected chi connectivity index (χ0v) is 27.7. The molecular weight excluding hydrogens is 599 g/mol. The van der Waals surface area contributed by atoms with E-state index in [1.54, 1.807) is 0 Å². The van der Waals surface area contributed by atoms with Crippen LogP contribution in [0, 0.1) is 0 Å². The summed E-state index contributed by atoms with van der Waals surface area (Å²) in [6, 6.07) is 47.4. The number of nitrogens with two attached hydrogens (primary N) is 1. The number of benzene rings is 5. The molecule has 0 saturated heterocycles. The fourth-order valence-corrected chi connectivity index (χ4v) is 6.29. The summed E-state index contributed by atoms with van der Waals surface area (Å²) in [5, 5.41) is 2.24. The molecule has 0 spiro atoms. The van der Waals surface area contributed by atoms with Gasteiger partial charge in [0.25, 0.3) is 0 Å². The molecule has 0 aromatic heterocycles. The van der Waals surface area contributed by atoms with E-state index in [9.17, 15) is 0 Å². The number of para-hydroxylation sites is 2. The standard InChI is InChI=1S/C44H37N5/c1-3-5-9-30-39(36(4-2)46-43(33-24-14-8-15-25-33)48-42(45)32-22-12-7-13-23-32)49-38-29-19-17-27-35(38)40(31-20-10-6-11-21-31)41-34-26-16-18-28-37(34)47-44(41)49/h3,5-30H,4H2,1-2H3,(H2,45,46,48)/b5-3-,30-9-,39-36+. The number of amidine groups is 2. The topological polar surface area (TPSA) is 68.6 Å². The minimum absolute atomic E-state index is 0.404. The van der Waals surface area contributed by atoms with E-state index in [4.69, 9.17) is 20.7 Å². The van der Waals surface area contributed by atoms with Crippen LogP contribution in [0.5, 0.6) is 0 Å². The maximum atomic E-state index is 6.61. The molecule has 0 radical (unpaired) electrons. The summed E-state index contributed by atoms with van der Waals surface area (Å²) in [6.45, 7) is 4.14. The van der Waals surface area contributed by atoms with Crippen molar-refractivity contribution >= 4 is 39.2 Å². The van der Waals surface area contributed by atoms with Gasteiger partial charge in [-0.3, -0.25) is 4.57 Å². The van der Waals surface area contributed by atoms with Crippen LogP contribution in [-0.4, -0.2) is 21.2 Å². The Morgan fingerprint density at radius 1 is 0.673 bits per heavy atom. The average molecular weight is 636 g/mol. The van der Waals surface area contributed by atoms with Gasteiger partial charge in [-0.2, -0.15) is 0 Å². The van der Waals surface area contributed by atoms with E-state index in [-0.39, 0.29) is 0 Å². The smallest absolute Gasteiger partial charge is 0.161 e. The highest BCUT2D eigenvalue weighted by Crippen LogP contribution is 2.46. The zero-order valence-electron chi connectivity index (χ0n) is 27.7. The monoisotopic (exact) mass is 635 g/mol. The van der Waals surface area contributed by atoms with Crippen LogP contribution in [0.15, 0.2) is 180 Å². The van der Waals surface area contributed by atoms with Gasteiger partial charge in [-0.25, -0.2) is 15.0 Å². The van der Waals surface area contributed by atoms with E-state index in [2.05, 4.69) is 96.4 Å². The van der Waals surface area contributed by atoms with Crippen LogP contribution in [0.3, 0.4) is 0 Å². The van der Waals surface area contributed by atoms with Crippen LogP contribution in [0.1, 0.15) is 31.4 Å². The molecule has 0 saturated carbocycles. The Bertz CT molecular complexity index is 2360. The van der Waals surface area contributed by atoms with E-state index in [0.29, 0.717) is 18.1 Å². The molecule has 5 aromatic rings. The van der Waals surface area contributed by atoms with Crippen molar-refractivity contribution < 1.29 is 0 Å². The molecule has 7 rings (SSSR count). The molecule has 2 heterocycles. The van der Waals surface area contributed by atoms with Crippen molar-refractivity contribution in [3.8, 4) is 22.5 Å². The number of fused-ring (bicyclic) bond motifs is 4. The van der Waals surface area contributed by atoms with E-state index < -0.39 is 0 Å². The van der Waals surface area contributed by atoms with Crippen molar-refractivity contribution in [3.05, 3.63) is 181 Å². The average Bonchev–Trinajstić information content (AvgIpc) is 3.54. The first-order chi connectivity index (χ1) is 24.2. The Morgan fingerprint density at radius 2 is 1.29 bits per heavy atom.